The first-order valence-electron chi connectivity index (χ1n) is 10.3. The second kappa shape index (κ2) is 6.43. The van der Waals surface area contributed by atoms with Gasteiger partial charge in [0.05, 0.1) is 22.6 Å². The largest absolute Gasteiger partial charge is 0.269 e. The molecule has 4 heterocycles. The van der Waals surface area contributed by atoms with Gasteiger partial charge in [0, 0.05) is 4.88 Å². The lowest BCUT2D eigenvalue weighted by Crippen LogP contribution is -2.33. The SMILES string of the molecule is C[C@@H](c1nc2c3c4c(sc3ncn2n1)CCCCC4)N1C(=O)c2ccccc2C1=O. The smallest absolute Gasteiger partial charge is 0.262 e. The monoisotopic (exact) mass is 417 g/mol. The number of rotatable bonds is 2. The molecule has 2 amide bonds. The van der Waals surface area contributed by atoms with E-state index in [1.165, 1.54) is 34.6 Å². The van der Waals surface area contributed by atoms with Gasteiger partial charge in [-0.1, -0.05) is 18.6 Å². The molecule has 0 radical (unpaired) electrons. The summed E-state index contributed by atoms with van der Waals surface area (Å²) in [5.74, 6) is -0.142. The normalized spacial score (nSPS) is 17.4. The molecule has 0 fully saturated rings. The molecule has 0 bridgehead atoms. The van der Waals surface area contributed by atoms with E-state index < -0.39 is 6.04 Å². The fraction of sp³-hybridized carbons (Fsp3) is 0.318. The zero-order chi connectivity index (χ0) is 20.4. The third-order valence-electron chi connectivity index (χ3n) is 6.14. The molecular weight excluding hydrogens is 398 g/mol. The molecule has 8 heteroatoms. The molecule has 1 aliphatic heterocycles. The third kappa shape index (κ3) is 2.40. The summed E-state index contributed by atoms with van der Waals surface area (Å²) >= 11 is 1.75. The van der Waals surface area contributed by atoms with Gasteiger partial charge < -0.3 is 0 Å². The summed E-state index contributed by atoms with van der Waals surface area (Å²) in [5.41, 5.74) is 2.98. The summed E-state index contributed by atoms with van der Waals surface area (Å²) in [7, 11) is 0. The zero-order valence-electron chi connectivity index (χ0n) is 16.5. The van der Waals surface area contributed by atoms with E-state index in [1.807, 2.05) is 0 Å². The molecule has 3 aromatic heterocycles. The summed E-state index contributed by atoms with van der Waals surface area (Å²) in [5, 5.41) is 5.67. The molecule has 150 valence electrons. The highest BCUT2D eigenvalue weighted by Crippen LogP contribution is 2.37. The van der Waals surface area contributed by atoms with E-state index in [1.54, 1.807) is 53.4 Å². The maximum absolute atomic E-state index is 12.9. The van der Waals surface area contributed by atoms with Gasteiger partial charge in [-0.2, -0.15) is 0 Å². The molecule has 4 aromatic rings. The van der Waals surface area contributed by atoms with Gasteiger partial charge in [0.25, 0.3) is 11.8 Å². The van der Waals surface area contributed by atoms with Crippen LogP contribution in [0, 0.1) is 0 Å². The minimum atomic E-state index is -0.565. The molecule has 1 aromatic carbocycles. The van der Waals surface area contributed by atoms with Crippen molar-refractivity contribution >= 4 is 39.0 Å². The number of aromatic nitrogens is 4. The first-order valence-corrected chi connectivity index (χ1v) is 11.1. The van der Waals surface area contributed by atoms with Crippen molar-refractivity contribution in [3.8, 4) is 0 Å². The van der Waals surface area contributed by atoms with Gasteiger partial charge in [0.2, 0.25) is 0 Å². The fourth-order valence-corrected chi connectivity index (χ4v) is 5.82. The number of fused-ring (bicyclic) bond motifs is 6. The quantitative estimate of drug-likeness (QED) is 0.364. The minimum absolute atomic E-state index is 0.297. The Hall–Kier alpha value is -3.13. The van der Waals surface area contributed by atoms with Crippen LogP contribution < -0.4 is 0 Å². The van der Waals surface area contributed by atoms with E-state index in [4.69, 9.17) is 4.98 Å². The van der Waals surface area contributed by atoms with Crippen LogP contribution in [0.15, 0.2) is 30.6 Å². The molecule has 0 saturated heterocycles. The van der Waals surface area contributed by atoms with Crippen LogP contribution >= 0.6 is 11.3 Å². The lowest BCUT2D eigenvalue weighted by Gasteiger charge is -2.19. The number of hydrogen-bond acceptors (Lipinski definition) is 6. The molecule has 7 nitrogen and oxygen atoms in total. The molecule has 1 atom stereocenters. The molecule has 1 aliphatic carbocycles. The number of carbonyl (C=O) groups excluding carboxylic acids is 2. The van der Waals surface area contributed by atoms with Crippen molar-refractivity contribution in [2.75, 3.05) is 0 Å². The van der Waals surface area contributed by atoms with E-state index >= 15 is 0 Å². The third-order valence-corrected chi connectivity index (χ3v) is 7.34. The molecule has 0 spiro atoms. The van der Waals surface area contributed by atoms with Crippen molar-refractivity contribution in [2.45, 2.75) is 45.1 Å². The second-order valence-corrected chi connectivity index (χ2v) is 9.01. The molecule has 6 rings (SSSR count). The van der Waals surface area contributed by atoms with E-state index in [-0.39, 0.29) is 11.8 Å². The van der Waals surface area contributed by atoms with Gasteiger partial charge in [0.1, 0.15) is 11.2 Å². The van der Waals surface area contributed by atoms with Gasteiger partial charge >= 0.3 is 0 Å². The first-order chi connectivity index (χ1) is 14.6. The van der Waals surface area contributed by atoms with Crippen molar-refractivity contribution in [3.05, 3.63) is 58.0 Å². The van der Waals surface area contributed by atoms with Crippen LogP contribution in [0.1, 0.15) is 69.2 Å². The zero-order valence-corrected chi connectivity index (χ0v) is 17.3. The van der Waals surface area contributed by atoms with Crippen molar-refractivity contribution in [2.24, 2.45) is 0 Å². The molecule has 0 saturated carbocycles. The summed E-state index contributed by atoms with van der Waals surface area (Å²) in [6.07, 6.45) is 7.44. The number of imide groups is 1. The number of aryl methyl sites for hydroxylation is 2. The molecule has 2 aliphatic rings. The summed E-state index contributed by atoms with van der Waals surface area (Å²) in [4.78, 5) is 38.8. The lowest BCUT2D eigenvalue weighted by molar-refractivity contribution is 0.0589. The first kappa shape index (κ1) is 17.7. The molecule has 0 unspecified atom stereocenters. The van der Waals surface area contributed by atoms with Gasteiger partial charge in [-0.15, -0.1) is 16.4 Å². The van der Waals surface area contributed by atoms with Crippen LogP contribution in [0.2, 0.25) is 0 Å². The Kier molecular flexibility index (Phi) is 3.80. The number of benzene rings is 1. The van der Waals surface area contributed by atoms with Crippen molar-refractivity contribution in [1.82, 2.24) is 24.5 Å². The molecular formula is C22H19N5O2S. The second-order valence-electron chi connectivity index (χ2n) is 7.93. The summed E-state index contributed by atoms with van der Waals surface area (Å²) < 4.78 is 1.68. The van der Waals surface area contributed by atoms with E-state index in [0.29, 0.717) is 17.0 Å². The lowest BCUT2D eigenvalue weighted by atomic mass is 10.1. The van der Waals surface area contributed by atoms with Crippen LogP contribution in [-0.4, -0.2) is 36.3 Å². The average molecular weight is 417 g/mol. The highest BCUT2D eigenvalue weighted by molar-refractivity contribution is 7.19. The number of nitrogens with zero attached hydrogens (tertiary/aromatic N) is 5. The van der Waals surface area contributed by atoms with Crippen LogP contribution in [0.5, 0.6) is 0 Å². The number of amides is 2. The van der Waals surface area contributed by atoms with E-state index in [9.17, 15) is 9.59 Å². The topological polar surface area (TPSA) is 80.5 Å². The predicted octanol–water partition coefficient (Wildman–Crippen LogP) is 3.97. The molecule has 0 N–H and O–H groups in total. The maximum Gasteiger partial charge on any atom is 0.262 e. The van der Waals surface area contributed by atoms with Gasteiger partial charge in [0.15, 0.2) is 11.5 Å². The number of thiophene rings is 1. The average Bonchev–Trinajstić information content (AvgIpc) is 3.35. The van der Waals surface area contributed by atoms with Crippen LogP contribution in [0.3, 0.4) is 0 Å². The van der Waals surface area contributed by atoms with Gasteiger partial charge in [-0.05, 0) is 50.3 Å². The van der Waals surface area contributed by atoms with E-state index in [2.05, 4.69) is 10.1 Å². The van der Waals surface area contributed by atoms with Crippen molar-refractivity contribution in [1.29, 1.82) is 0 Å². The Labute approximate surface area is 176 Å². The summed E-state index contributed by atoms with van der Waals surface area (Å²) in [6, 6.07) is 6.35. The predicted molar refractivity (Wildman–Crippen MR) is 113 cm³/mol. The van der Waals surface area contributed by atoms with Crippen LogP contribution in [0.4, 0.5) is 0 Å². The Morgan fingerprint density at radius 2 is 1.77 bits per heavy atom. The van der Waals surface area contributed by atoms with Crippen molar-refractivity contribution < 1.29 is 9.59 Å². The van der Waals surface area contributed by atoms with Crippen LogP contribution in [-0.2, 0) is 12.8 Å². The number of carbonyl (C=O) groups is 2. The van der Waals surface area contributed by atoms with Crippen LogP contribution in [0.25, 0.3) is 15.9 Å². The standard InChI is InChI=1S/C22H19N5O2S/c1-12(27-21(28)13-7-5-6-8-14(13)22(27)29)18-24-19-17-15-9-3-2-4-10-16(15)30-20(17)23-11-26(19)25-18/h5-8,11-12H,2-4,9-10H2,1H3/t12-/m0/s1. The van der Waals surface area contributed by atoms with Gasteiger partial charge in [-0.25, -0.2) is 14.5 Å². The molecule has 30 heavy (non-hydrogen) atoms. The fourth-order valence-electron chi connectivity index (χ4n) is 4.60. The highest BCUT2D eigenvalue weighted by Gasteiger charge is 2.40. The summed E-state index contributed by atoms with van der Waals surface area (Å²) in [6.45, 7) is 1.80. The Balaban J connectivity index is 1.46. The number of hydrogen-bond donors (Lipinski definition) is 0. The Bertz CT molecular complexity index is 1320. The van der Waals surface area contributed by atoms with Crippen molar-refractivity contribution in [3.63, 3.8) is 0 Å². The van der Waals surface area contributed by atoms with E-state index in [0.717, 1.165) is 28.7 Å². The Morgan fingerprint density at radius 3 is 2.53 bits per heavy atom. The highest BCUT2D eigenvalue weighted by atomic mass is 32.1. The Morgan fingerprint density at radius 1 is 1.03 bits per heavy atom. The van der Waals surface area contributed by atoms with Gasteiger partial charge in [-0.3, -0.25) is 14.5 Å². The minimum Gasteiger partial charge on any atom is -0.269 e. The maximum atomic E-state index is 12.9.